The third-order valence-corrected chi connectivity index (χ3v) is 8.07. The molecule has 1 aromatic heterocycles. The average molecular weight is 502 g/mol. The van der Waals surface area contributed by atoms with Gasteiger partial charge in [0.15, 0.2) is 0 Å². The van der Waals surface area contributed by atoms with Gasteiger partial charge in [-0.15, -0.1) is 0 Å². The number of hydrogen-bond donors (Lipinski definition) is 2. The van der Waals surface area contributed by atoms with E-state index in [-0.39, 0.29) is 17.5 Å². The van der Waals surface area contributed by atoms with Gasteiger partial charge in [0.25, 0.3) is 16.5 Å². The van der Waals surface area contributed by atoms with Crippen LogP contribution in [0.2, 0.25) is 0 Å². The lowest BCUT2D eigenvalue weighted by Crippen LogP contribution is -2.43. The number of carboxylic acid groups (broad SMARTS) is 1. The molecule has 0 saturated carbocycles. The number of ether oxygens (including phenoxy) is 1. The van der Waals surface area contributed by atoms with Crippen LogP contribution in [0.15, 0.2) is 47.4 Å². The van der Waals surface area contributed by atoms with Crippen molar-refractivity contribution < 1.29 is 23.1 Å². The highest BCUT2D eigenvalue weighted by Crippen LogP contribution is 2.30. The molecule has 3 heterocycles. The monoisotopic (exact) mass is 501 g/mol. The number of methoxy groups -OCH3 is 1. The fourth-order valence-electron chi connectivity index (χ4n) is 4.63. The molecule has 0 radical (unpaired) electrons. The van der Waals surface area contributed by atoms with E-state index in [9.17, 15) is 8.42 Å². The number of hydrogen-bond acceptors (Lipinski definition) is 8. The predicted octanol–water partition coefficient (Wildman–Crippen LogP) is 1.92. The number of benzene rings is 2. The Kier molecular flexibility index (Phi) is 7.58. The van der Waals surface area contributed by atoms with E-state index in [2.05, 4.69) is 26.3 Å². The summed E-state index contributed by atoms with van der Waals surface area (Å²) < 4.78 is 34.0. The smallest absolute Gasteiger partial charge is 0.290 e. The number of aromatic nitrogens is 2. The minimum atomic E-state index is -3.85. The summed E-state index contributed by atoms with van der Waals surface area (Å²) in [5.41, 5.74) is 3.23. The van der Waals surface area contributed by atoms with E-state index in [4.69, 9.17) is 14.6 Å². The van der Waals surface area contributed by atoms with Gasteiger partial charge in [-0.05, 0) is 49.7 Å². The second-order valence-electron chi connectivity index (χ2n) is 8.57. The molecule has 10 nitrogen and oxygen atoms in total. The summed E-state index contributed by atoms with van der Waals surface area (Å²) in [7, 11) is -2.13. The first-order valence-electron chi connectivity index (χ1n) is 11.6. The highest BCUT2D eigenvalue weighted by molar-refractivity contribution is 7.90. The quantitative estimate of drug-likeness (QED) is 0.506. The second kappa shape index (κ2) is 10.6. The molecule has 0 aliphatic carbocycles. The lowest BCUT2D eigenvalue weighted by molar-refractivity contribution is -0.122. The number of nitrogens with zero attached hydrogens (tertiary/aromatic N) is 4. The molecule has 5 rings (SSSR count). The number of rotatable bonds is 5. The SMILES string of the molecule is CO[C@H]1CCN(c2cccc(S(=O)(=O)n3nc(C)c4ccc(N5CCNCC5)cc43)c2)C1.O=CO. The van der Waals surface area contributed by atoms with Crippen molar-refractivity contribution in [2.45, 2.75) is 24.3 Å². The molecule has 11 heteroatoms. The van der Waals surface area contributed by atoms with Gasteiger partial charge < -0.3 is 25.0 Å². The van der Waals surface area contributed by atoms with Crippen molar-refractivity contribution >= 4 is 38.8 Å². The summed E-state index contributed by atoms with van der Waals surface area (Å²) in [5.74, 6) is 0. The van der Waals surface area contributed by atoms with Gasteiger partial charge >= 0.3 is 0 Å². The zero-order chi connectivity index (χ0) is 25.0. The summed E-state index contributed by atoms with van der Waals surface area (Å²) in [6, 6.07) is 13.1. The number of carbonyl (C=O) groups is 1. The Balaban J connectivity index is 0.000000917. The van der Waals surface area contributed by atoms with Crippen LogP contribution in [0.25, 0.3) is 10.9 Å². The maximum Gasteiger partial charge on any atom is 0.290 e. The van der Waals surface area contributed by atoms with Gasteiger partial charge in [-0.3, -0.25) is 4.79 Å². The van der Waals surface area contributed by atoms with Crippen LogP contribution in [-0.2, 0) is 19.6 Å². The summed E-state index contributed by atoms with van der Waals surface area (Å²) in [6.07, 6.45) is 1.11. The van der Waals surface area contributed by atoms with Crippen molar-refractivity contribution in [1.29, 1.82) is 0 Å². The Morgan fingerprint density at radius 1 is 1.09 bits per heavy atom. The van der Waals surface area contributed by atoms with Crippen molar-refractivity contribution in [3.8, 4) is 0 Å². The largest absolute Gasteiger partial charge is 0.483 e. The molecule has 0 bridgehead atoms. The van der Waals surface area contributed by atoms with E-state index >= 15 is 0 Å². The summed E-state index contributed by atoms with van der Waals surface area (Å²) in [6.45, 7) is 6.84. The maximum absolute atomic E-state index is 13.7. The summed E-state index contributed by atoms with van der Waals surface area (Å²) in [4.78, 5) is 13.0. The predicted molar refractivity (Wildman–Crippen MR) is 135 cm³/mol. The van der Waals surface area contributed by atoms with Gasteiger partial charge in [-0.1, -0.05) is 6.07 Å². The maximum atomic E-state index is 13.7. The lowest BCUT2D eigenvalue weighted by atomic mass is 10.2. The Hall–Kier alpha value is -3.15. The molecule has 2 aromatic carbocycles. The van der Waals surface area contributed by atoms with Crippen LogP contribution in [0.1, 0.15) is 12.1 Å². The molecular formula is C24H31N5O5S. The van der Waals surface area contributed by atoms with Gasteiger partial charge in [-0.2, -0.15) is 17.6 Å². The van der Waals surface area contributed by atoms with Gasteiger partial charge in [0, 0.05) is 63.1 Å². The van der Waals surface area contributed by atoms with Crippen molar-refractivity contribution in [2.75, 3.05) is 56.2 Å². The molecule has 2 N–H and O–H groups in total. The van der Waals surface area contributed by atoms with E-state index < -0.39 is 10.0 Å². The third-order valence-electron chi connectivity index (χ3n) is 6.49. The fraction of sp³-hybridized carbons (Fsp3) is 0.417. The van der Waals surface area contributed by atoms with E-state index in [1.807, 2.05) is 25.1 Å². The highest BCUT2D eigenvalue weighted by Gasteiger charge is 2.26. The summed E-state index contributed by atoms with van der Waals surface area (Å²) >= 11 is 0. The van der Waals surface area contributed by atoms with Crippen LogP contribution in [0, 0.1) is 6.92 Å². The molecule has 2 aliphatic rings. The van der Waals surface area contributed by atoms with E-state index in [1.54, 1.807) is 25.3 Å². The molecule has 2 fully saturated rings. The average Bonchev–Trinajstić information content (AvgIpc) is 3.50. The topological polar surface area (TPSA) is 117 Å². The number of fused-ring (bicyclic) bond motifs is 1. The molecule has 2 aliphatic heterocycles. The molecule has 188 valence electrons. The molecule has 1 atom stereocenters. The summed E-state index contributed by atoms with van der Waals surface area (Å²) in [5, 5.41) is 15.5. The number of nitrogens with one attached hydrogen (secondary N) is 1. The highest BCUT2D eigenvalue weighted by atomic mass is 32.2. The first-order valence-corrected chi connectivity index (χ1v) is 13.0. The van der Waals surface area contributed by atoms with Gasteiger partial charge in [-0.25, -0.2) is 0 Å². The minimum Gasteiger partial charge on any atom is -0.483 e. The molecular weight excluding hydrogens is 470 g/mol. The van der Waals surface area contributed by atoms with Crippen molar-refractivity contribution in [3.63, 3.8) is 0 Å². The lowest BCUT2D eigenvalue weighted by Gasteiger charge is -2.29. The Labute approximate surface area is 205 Å². The number of aryl methyl sites for hydroxylation is 1. The standard InChI is InChI=1S/C23H29N5O3S.CH2O2/c1-17-22-7-6-19(26-12-9-24-10-13-26)15-23(22)28(25-17)32(29,30)21-5-3-4-18(14-21)27-11-8-20(16-27)31-2;2-1-3/h3-7,14-15,20,24H,8-13,16H2,1-2H3;1H,(H,2,3)/t20-;/m0./s1. The number of anilines is 2. The van der Waals surface area contributed by atoms with Crippen molar-refractivity contribution in [2.24, 2.45) is 0 Å². The van der Waals surface area contributed by atoms with Crippen molar-refractivity contribution in [3.05, 3.63) is 48.2 Å². The zero-order valence-electron chi connectivity index (χ0n) is 19.9. The van der Waals surface area contributed by atoms with Gasteiger partial charge in [0.05, 0.1) is 22.2 Å². The first-order chi connectivity index (χ1) is 16.9. The van der Waals surface area contributed by atoms with Crippen LogP contribution < -0.4 is 15.1 Å². The zero-order valence-corrected chi connectivity index (χ0v) is 20.7. The van der Waals surface area contributed by atoms with E-state index in [0.717, 1.165) is 62.5 Å². The molecule has 35 heavy (non-hydrogen) atoms. The molecule has 0 spiro atoms. The first kappa shape index (κ1) is 25.0. The van der Waals surface area contributed by atoms with E-state index in [1.165, 1.54) is 4.09 Å². The van der Waals surface area contributed by atoms with Crippen molar-refractivity contribution in [1.82, 2.24) is 14.5 Å². The van der Waals surface area contributed by atoms with E-state index in [0.29, 0.717) is 11.2 Å². The molecule has 3 aromatic rings. The minimum absolute atomic E-state index is 0.177. The van der Waals surface area contributed by atoms with Gasteiger partial charge in [0.2, 0.25) is 0 Å². The third kappa shape index (κ3) is 5.12. The van der Waals surface area contributed by atoms with Crippen LogP contribution >= 0.6 is 0 Å². The van der Waals surface area contributed by atoms with Crippen LogP contribution in [0.3, 0.4) is 0 Å². The normalized spacial score (nSPS) is 18.4. The number of piperazine rings is 1. The molecule has 0 unspecified atom stereocenters. The fourth-order valence-corrected chi connectivity index (χ4v) is 5.99. The van der Waals surface area contributed by atoms with Crippen LogP contribution in [0.5, 0.6) is 0 Å². The Bertz CT molecular complexity index is 1290. The van der Waals surface area contributed by atoms with Crippen LogP contribution in [0.4, 0.5) is 11.4 Å². The van der Waals surface area contributed by atoms with Crippen LogP contribution in [-0.4, -0.2) is 81.7 Å². The Morgan fingerprint density at radius 2 is 1.80 bits per heavy atom. The Morgan fingerprint density at radius 3 is 2.49 bits per heavy atom. The van der Waals surface area contributed by atoms with Gasteiger partial charge in [0.1, 0.15) is 0 Å². The molecule has 0 amide bonds. The second-order valence-corrected chi connectivity index (χ2v) is 10.3. The molecule has 2 saturated heterocycles.